The van der Waals surface area contributed by atoms with Crippen LogP contribution in [0.15, 0.2) is 12.4 Å². The molecular formula is C4H4N4O3. The molecule has 0 aliphatic carbocycles. The van der Waals surface area contributed by atoms with E-state index in [-0.39, 0.29) is 11.6 Å². The Morgan fingerprint density at radius 1 is 1.55 bits per heavy atom. The molecule has 0 spiro atoms. The fourth-order valence-electron chi connectivity index (χ4n) is 0.473. The molecule has 11 heavy (non-hydrogen) atoms. The molecule has 58 valence electrons. The van der Waals surface area contributed by atoms with E-state index >= 15 is 0 Å². The molecule has 7 heteroatoms. The highest BCUT2D eigenvalue weighted by Gasteiger charge is 2.04. The summed E-state index contributed by atoms with van der Waals surface area (Å²) in [6.45, 7) is 0. The van der Waals surface area contributed by atoms with Crippen molar-refractivity contribution in [2.75, 3.05) is 5.48 Å². The fourth-order valence-corrected chi connectivity index (χ4v) is 0.473. The molecule has 1 aromatic rings. The SMILES string of the molecule is O=[N+]([O-])c1cnc(NO)nc1. The van der Waals surface area contributed by atoms with Gasteiger partial charge in [-0.15, -0.1) is 0 Å². The molecule has 1 heterocycles. The summed E-state index contributed by atoms with van der Waals surface area (Å²) in [6.07, 6.45) is 1.98. The number of nitrogens with zero attached hydrogens (tertiary/aromatic N) is 3. The molecule has 0 aliphatic rings. The third-order valence-electron chi connectivity index (χ3n) is 0.949. The van der Waals surface area contributed by atoms with Crippen molar-refractivity contribution < 1.29 is 10.1 Å². The topological polar surface area (TPSA) is 101 Å². The highest BCUT2D eigenvalue weighted by molar-refractivity contribution is 5.28. The van der Waals surface area contributed by atoms with Crippen molar-refractivity contribution in [3.8, 4) is 0 Å². The minimum Gasteiger partial charge on any atom is -0.288 e. The van der Waals surface area contributed by atoms with Gasteiger partial charge in [-0.2, -0.15) is 0 Å². The van der Waals surface area contributed by atoms with Gasteiger partial charge in [-0.05, 0) is 0 Å². The molecule has 0 bridgehead atoms. The maximum Gasteiger partial charge on any atom is 0.305 e. The Bertz CT molecular complexity index is 259. The van der Waals surface area contributed by atoms with Crippen molar-refractivity contribution in [3.05, 3.63) is 22.5 Å². The maximum atomic E-state index is 10.0. The van der Waals surface area contributed by atoms with Crippen LogP contribution >= 0.6 is 0 Å². The second-order valence-electron chi connectivity index (χ2n) is 1.63. The third kappa shape index (κ3) is 1.58. The Hall–Kier alpha value is -1.76. The van der Waals surface area contributed by atoms with Gasteiger partial charge in [0.2, 0.25) is 5.95 Å². The van der Waals surface area contributed by atoms with Crippen molar-refractivity contribution in [1.29, 1.82) is 0 Å². The number of anilines is 1. The van der Waals surface area contributed by atoms with Crippen LogP contribution in [0.1, 0.15) is 0 Å². The van der Waals surface area contributed by atoms with Crippen LogP contribution in [0.3, 0.4) is 0 Å². The second-order valence-corrected chi connectivity index (χ2v) is 1.63. The first-order valence-corrected chi connectivity index (χ1v) is 2.60. The van der Waals surface area contributed by atoms with Crippen LogP contribution in [0.4, 0.5) is 11.6 Å². The minimum absolute atomic E-state index is 0.0735. The Kier molecular flexibility index (Phi) is 1.93. The molecule has 0 fully saturated rings. The molecule has 0 aromatic carbocycles. The largest absolute Gasteiger partial charge is 0.305 e. The second kappa shape index (κ2) is 2.88. The predicted octanol–water partition coefficient (Wildman–Crippen LogP) is 0.186. The van der Waals surface area contributed by atoms with E-state index < -0.39 is 4.92 Å². The van der Waals surface area contributed by atoms with Gasteiger partial charge in [0.05, 0.1) is 4.92 Å². The number of nitro groups is 1. The Labute approximate surface area is 60.8 Å². The van der Waals surface area contributed by atoms with Crippen LogP contribution in [0.25, 0.3) is 0 Å². The van der Waals surface area contributed by atoms with E-state index in [0.29, 0.717) is 0 Å². The Morgan fingerprint density at radius 3 is 2.45 bits per heavy atom. The highest BCUT2D eigenvalue weighted by atomic mass is 16.6. The number of hydrogen-bond donors (Lipinski definition) is 2. The third-order valence-corrected chi connectivity index (χ3v) is 0.949. The molecule has 7 nitrogen and oxygen atoms in total. The Balaban J connectivity index is 2.91. The molecule has 0 unspecified atom stereocenters. The van der Waals surface area contributed by atoms with Crippen LogP contribution in [0, 0.1) is 10.1 Å². The van der Waals surface area contributed by atoms with E-state index in [4.69, 9.17) is 5.21 Å². The van der Waals surface area contributed by atoms with Gasteiger partial charge in [0, 0.05) is 0 Å². The average Bonchev–Trinajstić information content (AvgIpc) is 2.05. The molecule has 0 atom stereocenters. The van der Waals surface area contributed by atoms with Crippen LogP contribution < -0.4 is 5.48 Å². The molecule has 0 radical (unpaired) electrons. The normalized spacial score (nSPS) is 9.18. The van der Waals surface area contributed by atoms with Crippen molar-refractivity contribution in [2.24, 2.45) is 0 Å². The molecular weight excluding hydrogens is 152 g/mol. The molecule has 0 amide bonds. The molecule has 0 saturated carbocycles. The standard InChI is InChI=1S/C4H4N4O3/c9-7-4-5-1-3(2-6-4)8(10)11/h1-2,9H,(H,5,6,7). The number of nitrogens with one attached hydrogen (secondary N) is 1. The van der Waals surface area contributed by atoms with Gasteiger partial charge in [-0.25, -0.2) is 15.4 Å². The van der Waals surface area contributed by atoms with Gasteiger partial charge < -0.3 is 0 Å². The van der Waals surface area contributed by atoms with Gasteiger partial charge in [-0.1, -0.05) is 0 Å². The summed E-state index contributed by atoms with van der Waals surface area (Å²) in [7, 11) is 0. The monoisotopic (exact) mass is 156 g/mol. The quantitative estimate of drug-likeness (QED) is 0.468. The lowest BCUT2D eigenvalue weighted by Gasteiger charge is -1.93. The summed E-state index contributed by atoms with van der Waals surface area (Å²) in [5.74, 6) is -0.0735. The molecule has 1 aromatic heterocycles. The van der Waals surface area contributed by atoms with Crippen LogP contribution in [-0.4, -0.2) is 20.1 Å². The average molecular weight is 156 g/mol. The molecule has 0 saturated heterocycles. The van der Waals surface area contributed by atoms with E-state index in [1.807, 2.05) is 0 Å². The zero-order valence-electron chi connectivity index (χ0n) is 5.26. The van der Waals surface area contributed by atoms with Gasteiger partial charge in [0.25, 0.3) is 0 Å². The summed E-state index contributed by atoms with van der Waals surface area (Å²) in [5, 5.41) is 18.3. The lowest BCUT2D eigenvalue weighted by molar-refractivity contribution is -0.385. The van der Waals surface area contributed by atoms with Gasteiger partial charge in [0.15, 0.2) is 0 Å². The number of aromatic nitrogens is 2. The van der Waals surface area contributed by atoms with E-state index in [0.717, 1.165) is 12.4 Å². The maximum absolute atomic E-state index is 10.0. The van der Waals surface area contributed by atoms with E-state index in [9.17, 15) is 10.1 Å². The molecule has 1 rings (SSSR count). The van der Waals surface area contributed by atoms with Crippen molar-refractivity contribution in [3.63, 3.8) is 0 Å². The van der Waals surface area contributed by atoms with Crippen LogP contribution in [0.5, 0.6) is 0 Å². The summed E-state index contributed by atoms with van der Waals surface area (Å²) < 4.78 is 0. The summed E-state index contributed by atoms with van der Waals surface area (Å²) >= 11 is 0. The van der Waals surface area contributed by atoms with Crippen molar-refractivity contribution >= 4 is 11.6 Å². The van der Waals surface area contributed by atoms with Crippen LogP contribution in [-0.2, 0) is 0 Å². The minimum atomic E-state index is -0.624. The van der Waals surface area contributed by atoms with Crippen molar-refractivity contribution in [1.82, 2.24) is 9.97 Å². The summed E-state index contributed by atoms with van der Waals surface area (Å²) in [6, 6.07) is 0. The highest BCUT2D eigenvalue weighted by Crippen LogP contribution is 2.06. The van der Waals surface area contributed by atoms with Crippen LogP contribution in [0.2, 0.25) is 0 Å². The summed E-state index contributed by atoms with van der Waals surface area (Å²) in [5.41, 5.74) is 1.43. The molecule has 0 aliphatic heterocycles. The first-order chi connectivity index (χ1) is 5.24. The predicted molar refractivity (Wildman–Crippen MR) is 34.1 cm³/mol. The zero-order chi connectivity index (χ0) is 8.27. The zero-order valence-corrected chi connectivity index (χ0v) is 5.26. The summed E-state index contributed by atoms with van der Waals surface area (Å²) in [4.78, 5) is 16.2. The smallest absolute Gasteiger partial charge is 0.288 e. The number of rotatable bonds is 2. The molecule has 2 N–H and O–H groups in total. The Morgan fingerprint density at radius 2 is 2.09 bits per heavy atom. The van der Waals surface area contributed by atoms with Gasteiger partial charge in [0.1, 0.15) is 12.4 Å². The first-order valence-electron chi connectivity index (χ1n) is 2.60. The fraction of sp³-hybridized carbons (Fsp3) is 0. The van der Waals surface area contributed by atoms with E-state index in [2.05, 4.69) is 9.97 Å². The number of hydrogen-bond acceptors (Lipinski definition) is 6. The van der Waals surface area contributed by atoms with Gasteiger partial charge in [-0.3, -0.25) is 15.3 Å². The lowest BCUT2D eigenvalue weighted by Crippen LogP contribution is -1.97. The van der Waals surface area contributed by atoms with Crippen molar-refractivity contribution in [2.45, 2.75) is 0 Å². The first kappa shape index (κ1) is 7.35. The lowest BCUT2D eigenvalue weighted by atomic mass is 10.6. The van der Waals surface area contributed by atoms with E-state index in [1.54, 1.807) is 5.48 Å². The van der Waals surface area contributed by atoms with E-state index in [1.165, 1.54) is 0 Å². The van der Waals surface area contributed by atoms with Gasteiger partial charge >= 0.3 is 5.69 Å².